The fraction of sp³-hybridized carbons (Fsp3) is 0.360. The van der Waals surface area contributed by atoms with Gasteiger partial charge in [0.05, 0.1) is 6.10 Å². The van der Waals surface area contributed by atoms with Crippen LogP contribution in [-0.2, 0) is 13.0 Å². The van der Waals surface area contributed by atoms with Gasteiger partial charge in [0.2, 0.25) is 0 Å². The van der Waals surface area contributed by atoms with Crippen LogP contribution in [0.5, 0.6) is 5.75 Å². The van der Waals surface area contributed by atoms with Crippen LogP contribution in [0.4, 0.5) is 5.69 Å². The molecule has 6 nitrogen and oxygen atoms in total. The maximum absolute atomic E-state index is 12.7. The number of anilines is 1. The zero-order valence-electron chi connectivity index (χ0n) is 17.8. The Hall–Kier alpha value is -3.12. The number of hydrogen-bond acceptors (Lipinski definition) is 5. The summed E-state index contributed by atoms with van der Waals surface area (Å²) in [4.78, 5) is 25.4. The number of nitrogens with one attached hydrogen (secondary N) is 1. The van der Waals surface area contributed by atoms with Gasteiger partial charge in [0.25, 0.3) is 5.91 Å². The lowest BCUT2D eigenvalue weighted by Crippen LogP contribution is -2.21. The minimum Gasteiger partial charge on any atom is -0.490 e. The van der Waals surface area contributed by atoms with E-state index in [4.69, 9.17) is 14.9 Å². The molecule has 3 aromatic rings. The number of aryl methyl sites for hydroxylation is 1. The third-order valence-electron chi connectivity index (χ3n) is 5.75. The monoisotopic (exact) mass is 420 g/mol. The maximum Gasteiger partial charge on any atom is 0.349 e. The van der Waals surface area contributed by atoms with E-state index in [1.165, 1.54) is 12.8 Å². The predicted molar refractivity (Wildman–Crippen MR) is 122 cm³/mol. The third kappa shape index (κ3) is 4.64. The van der Waals surface area contributed by atoms with Crippen LogP contribution >= 0.6 is 0 Å². The molecule has 1 saturated carbocycles. The largest absolute Gasteiger partial charge is 0.490 e. The Morgan fingerprint density at radius 1 is 1.16 bits per heavy atom. The van der Waals surface area contributed by atoms with Crippen LogP contribution in [-0.4, -0.2) is 12.0 Å². The van der Waals surface area contributed by atoms with Crippen LogP contribution in [0.2, 0.25) is 0 Å². The van der Waals surface area contributed by atoms with E-state index < -0.39 is 11.5 Å². The second-order valence-electron chi connectivity index (χ2n) is 8.04. The van der Waals surface area contributed by atoms with Gasteiger partial charge in [0.1, 0.15) is 16.9 Å². The van der Waals surface area contributed by atoms with Crippen LogP contribution in [0.15, 0.2) is 51.7 Å². The minimum absolute atomic E-state index is 0.0256. The first-order valence-corrected chi connectivity index (χ1v) is 11.0. The van der Waals surface area contributed by atoms with Crippen molar-refractivity contribution in [2.75, 3.05) is 5.32 Å². The molecule has 31 heavy (non-hydrogen) atoms. The summed E-state index contributed by atoms with van der Waals surface area (Å²) in [5.74, 6) is 0.279. The Balaban J connectivity index is 1.65. The van der Waals surface area contributed by atoms with Crippen molar-refractivity contribution in [3.8, 4) is 5.75 Å². The molecule has 1 aliphatic rings. The molecule has 3 N–H and O–H groups in total. The lowest BCUT2D eigenvalue weighted by atomic mass is 10.0. The van der Waals surface area contributed by atoms with E-state index in [0.717, 1.165) is 42.6 Å². The molecule has 0 bridgehead atoms. The average Bonchev–Trinajstić information content (AvgIpc) is 3.29. The van der Waals surface area contributed by atoms with Crippen LogP contribution in [0.25, 0.3) is 11.0 Å². The molecule has 0 saturated heterocycles. The number of hydrogen-bond donors (Lipinski definition) is 2. The molecule has 0 radical (unpaired) electrons. The van der Waals surface area contributed by atoms with E-state index in [9.17, 15) is 9.59 Å². The van der Waals surface area contributed by atoms with Crippen molar-refractivity contribution in [3.63, 3.8) is 0 Å². The summed E-state index contributed by atoms with van der Waals surface area (Å²) in [6.45, 7) is 2.50. The van der Waals surface area contributed by atoms with Crippen molar-refractivity contribution >= 4 is 22.6 Å². The van der Waals surface area contributed by atoms with Crippen molar-refractivity contribution in [1.29, 1.82) is 0 Å². The highest BCUT2D eigenvalue weighted by Crippen LogP contribution is 2.32. The zero-order valence-corrected chi connectivity index (χ0v) is 17.8. The molecule has 2 aromatic carbocycles. The number of ether oxygens (including phenoxy) is 1. The minimum atomic E-state index is -0.654. The molecule has 1 aromatic heterocycles. The molecule has 0 aliphatic heterocycles. The van der Waals surface area contributed by atoms with Gasteiger partial charge in [0, 0.05) is 23.2 Å². The molecule has 1 heterocycles. The SMILES string of the molecule is CCCc1c(OC2CCCC2)ccc2cc(C(=O)Nc3ccc(CN)cc3)c(=O)oc12. The molecule has 0 unspecified atom stereocenters. The molecule has 1 fully saturated rings. The number of carbonyl (C=O) groups is 1. The number of fused-ring (bicyclic) bond motifs is 1. The Labute approximate surface area is 181 Å². The highest BCUT2D eigenvalue weighted by Gasteiger charge is 2.21. The second kappa shape index (κ2) is 9.35. The van der Waals surface area contributed by atoms with Gasteiger partial charge in [-0.25, -0.2) is 4.79 Å². The Morgan fingerprint density at radius 2 is 1.90 bits per heavy atom. The number of amides is 1. The first-order valence-electron chi connectivity index (χ1n) is 11.0. The Kier molecular flexibility index (Phi) is 6.37. The van der Waals surface area contributed by atoms with Gasteiger partial charge >= 0.3 is 5.63 Å². The van der Waals surface area contributed by atoms with Crippen molar-refractivity contribution in [1.82, 2.24) is 0 Å². The van der Waals surface area contributed by atoms with Gasteiger partial charge in [-0.3, -0.25) is 4.79 Å². The molecule has 0 atom stereocenters. The molecule has 1 aliphatic carbocycles. The quantitative estimate of drug-likeness (QED) is 0.537. The molecule has 6 heteroatoms. The van der Waals surface area contributed by atoms with Crippen molar-refractivity contribution in [2.24, 2.45) is 5.73 Å². The molecule has 162 valence electrons. The summed E-state index contributed by atoms with van der Waals surface area (Å²) in [6, 6.07) is 12.6. The Morgan fingerprint density at radius 3 is 2.58 bits per heavy atom. The summed E-state index contributed by atoms with van der Waals surface area (Å²) in [5, 5.41) is 3.46. The van der Waals surface area contributed by atoms with Crippen LogP contribution in [0.1, 0.15) is 60.5 Å². The van der Waals surface area contributed by atoms with E-state index in [1.54, 1.807) is 18.2 Å². The van der Waals surface area contributed by atoms with Crippen LogP contribution < -0.4 is 21.4 Å². The van der Waals surface area contributed by atoms with E-state index in [0.29, 0.717) is 23.2 Å². The normalized spacial score (nSPS) is 14.1. The first-order chi connectivity index (χ1) is 15.1. The van der Waals surface area contributed by atoms with Gasteiger partial charge in [-0.15, -0.1) is 0 Å². The van der Waals surface area contributed by atoms with E-state index in [1.807, 2.05) is 24.3 Å². The number of carbonyl (C=O) groups excluding carboxylic acids is 1. The smallest absolute Gasteiger partial charge is 0.349 e. The molecular formula is C25H28N2O4. The summed E-state index contributed by atoms with van der Waals surface area (Å²) < 4.78 is 11.9. The molecular weight excluding hydrogens is 392 g/mol. The average molecular weight is 421 g/mol. The summed E-state index contributed by atoms with van der Waals surface area (Å²) in [7, 11) is 0. The lowest BCUT2D eigenvalue weighted by molar-refractivity contribution is 0.102. The Bertz CT molecular complexity index is 1130. The highest BCUT2D eigenvalue weighted by molar-refractivity contribution is 6.05. The number of benzene rings is 2. The zero-order chi connectivity index (χ0) is 21.8. The van der Waals surface area contributed by atoms with Gasteiger partial charge in [-0.2, -0.15) is 0 Å². The standard InChI is InChI=1S/C25H28N2O4/c1-2-5-20-22(30-19-6-3-4-7-19)13-10-17-14-21(25(29)31-23(17)20)24(28)27-18-11-8-16(15-26)9-12-18/h8-14,19H,2-7,15,26H2,1H3,(H,27,28). The van der Waals surface area contributed by atoms with Crippen LogP contribution in [0, 0.1) is 0 Å². The lowest BCUT2D eigenvalue weighted by Gasteiger charge is -2.17. The van der Waals surface area contributed by atoms with E-state index >= 15 is 0 Å². The number of nitrogens with two attached hydrogens (primary N) is 1. The molecule has 1 amide bonds. The summed E-state index contributed by atoms with van der Waals surface area (Å²) >= 11 is 0. The fourth-order valence-electron chi connectivity index (χ4n) is 4.09. The van der Waals surface area contributed by atoms with Gasteiger partial charge in [0.15, 0.2) is 0 Å². The molecule has 4 rings (SSSR count). The predicted octanol–water partition coefficient (Wildman–Crippen LogP) is 4.78. The van der Waals surface area contributed by atoms with Crippen LogP contribution in [0.3, 0.4) is 0 Å². The second-order valence-corrected chi connectivity index (χ2v) is 8.04. The first kappa shape index (κ1) is 21.1. The summed E-state index contributed by atoms with van der Waals surface area (Å²) in [6.07, 6.45) is 6.33. The molecule has 0 spiro atoms. The van der Waals surface area contributed by atoms with Crippen molar-refractivity contribution in [2.45, 2.75) is 58.1 Å². The van der Waals surface area contributed by atoms with Gasteiger partial charge < -0.3 is 20.2 Å². The van der Waals surface area contributed by atoms with Crippen molar-refractivity contribution in [3.05, 3.63) is 69.6 Å². The van der Waals surface area contributed by atoms with E-state index in [2.05, 4.69) is 12.2 Å². The summed E-state index contributed by atoms with van der Waals surface area (Å²) in [5.41, 5.74) is 7.88. The van der Waals surface area contributed by atoms with Crippen molar-refractivity contribution < 1.29 is 13.9 Å². The maximum atomic E-state index is 12.7. The van der Waals surface area contributed by atoms with E-state index in [-0.39, 0.29) is 11.7 Å². The van der Waals surface area contributed by atoms with Gasteiger partial charge in [-0.05, 0) is 68.0 Å². The third-order valence-corrected chi connectivity index (χ3v) is 5.75. The van der Waals surface area contributed by atoms with Gasteiger partial charge in [-0.1, -0.05) is 25.5 Å². The topological polar surface area (TPSA) is 94.6 Å². The fourth-order valence-corrected chi connectivity index (χ4v) is 4.09. The number of rotatable bonds is 7. The highest BCUT2D eigenvalue weighted by atomic mass is 16.5.